The van der Waals surface area contributed by atoms with Crippen LogP contribution < -0.4 is 3.27 Å². The van der Waals surface area contributed by atoms with Gasteiger partial charge in [-0.2, -0.15) is 0 Å². The molecule has 0 saturated carbocycles. The molecule has 0 aromatic heterocycles. The minimum absolute atomic E-state index is 0.421. The van der Waals surface area contributed by atoms with Gasteiger partial charge in [-0.05, 0) is 0 Å². The molecule has 2 aliphatic rings. The van der Waals surface area contributed by atoms with E-state index in [-0.39, 0.29) is 0 Å². The van der Waals surface area contributed by atoms with E-state index < -0.39 is 17.4 Å². The molecule has 0 radical (unpaired) electrons. The summed E-state index contributed by atoms with van der Waals surface area (Å²) in [5, 5.41) is 0. The van der Waals surface area contributed by atoms with Crippen molar-refractivity contribution < 1.29 is 17.4 Å². The van der Waals surface area contributed by atoms with Crippen molar-refractivity contribution >= 4 is 16.2 Å². The van der Waals surface area contributed by atoms with Crippen molar-refractivity contribution in [3.8, 4) is 22.3 Å². The zero-order valence-electron chi connectivity index (χ0n) is 22.1. The molecule has 0 amide bonds. The molecule has 38 heavy (non-hydrogen) atoms. The standard InChI is InChI=1S/C16H13.C13H9.C6H5.CH3.H2Si.Zr/c1-12-10-14-8-5-9-15(16(14)11-12)13-6-3-2-4-7-13;1-3-7-12-10(5-1)9-11-6-2-4-8-13(11)12;1-2-4-6-5-3-1;;;/h2-11H,1H3;1-9H;1-5H;1H3;1H2;. The Balaban J connectivity index is 1.56. The van der Waals surface area contributed by atoms with Gasteiger partial charge < -0.3 is 0 Å². The number of hydrogen-bond donors (Lipinski definition) is 0. The van der Waals surface area contributed by atoms with Crippen molar-refractivity contribution in [3.05, 3.63) is 155 Å². The number of allylic oxidation sites excluding steroid dienone is 1. The summed E-state index contributed by atoms with van der Waals surface area (Å²) in [5.41, 5.74) is 13.0. The van der Waals surface area contributed by atoms with E-state index in [1.54, 1.807) is 3.27 Å². The molecule has 0 nitrogen and oxygen atoms in total. The fourth-order valence-electron chi connectivity index (χ4n) is 7.93. The summed E-state index contributed by atoms with van der Waals surface area (Å²) < 4.78 is 5.20. The van der Waals surface area contributed by atoms with Gasteiger partial charge in [-0.3, -0.25) is 0 Å². The van der Waals surface area contributed by atoms with Crippen molar-refractivity contribution in [3.63, 3.8) is 0 Å². The Hall–Kier alpha value is -3.06. The van der Waals surface area contributed by atoms with Crippen molar-refractivity contribution in [2.75, 3.05) is 0 Å². The Kier molecular flexibility index (Phi) is 5.52. The van der Waals surface area contributed by atoms with Gasteiger partial charge >= 0.3 is 230 Å². The van der Waals surface area contributed by atoms with Crippen LogP contribution in [0, 0.1) is 0 Å². The summed E-state index contributed by atoms with van der Waals surface area (Å²) in [6.45, 7) is 4.83. The molecule has 5 aromatic carbocycles. The van der Waals surface area contributed by atoms with Crippen molar-refractivity contribution in [2.24, 2.45) is 0 Å². The Morgan fingerprint density at radius 2 is 1.03 bits per heavy atom. The third-order valence-corrected chi connectivity index (χ3v) is 32.8. The summed E-state index contributed by atoms with van der Waals surface area (Å²) in [7, 11) is 0. The average molecular weight is 584 g/mol. The van der Waals surface area contributed by atoms with E-state index in [2.05, 4.69) is 152 Å². The van der Waals surface area contributed by atoms with Gasteiger partial charge in [0, 0.05) is 0 Å². The number of hydrogen-bond acceptors (Lipinski definition) is 0. The summed E-state index contributed by atoms with van der Waals surface area (Å²) in [6, 6.07) is 48.0. The van der Waals surface area contributed by atoms with E-state index in [4.69, 9.17) is 0 Å². The molecular weight excluding hydrogens is 552 g/mol. The summed E-state index contributed by atoms with van der Waals surface area (Å²) >= 11 is -4.04. The van der Waals surface area contributed by atoms with Crippen LogP contribution in [0.25, 0.3) is 28.3 Å². The van der Waals surface area contributed by atoms with Crippen LogP contribution in [0.15, 0.2) is 133 Å². The fourth-order valence-corrected chi connectivity index (χ4v) is 32.0. The fraction of sp³-hybridized carbons (Fsp3) is 0.111. The maximum atomic E-state index is 2.75. The zero-order valence-corrected chi connectivity index (χ0v) is 25.9. The SMILES string of the molecule is CC1=Cc2c(-c3ccccc3)cccc2[CH]1[Zr]([CH3])(=[SiH2])([c]1ccccc1)[CH]1c2ccccc2-c2ccccc21. The number of benzene rings is 5. The van der Waals surface area contributed by atoms with Crippen LogP contribution in [-0.4, -0.2) is 6.88 Å². The third-order valence-electron chi connectivity index (χ3n) is 9.40. The third kappa shape index (κ3) is 3.30. The molecule has 0 aliphatic heterocycles. The van der Waals surface area contributed by atoms with E-state index in [1.165, 1.54) is 50.1 Å². The van der Waals surface area contributed by atoms with Crippen molar-refractivity contribution in [1.82, 2.24) is 0 Å². The molecule has 0 fully saturated rings. The molecule has 0 heterocycles. The number of rotatable bonds is 4. The topological polar surface area (TPSA) is 0 Å². The van der Waals surface area contributed by atoms with E-state index in [0.717, 1.165) is 0 Å². The van der Waals surface area contributed by atoms with Gasteiger partial charge in [0.1, 0.15) is 0 Å². The first-order chi connectivity index (χ1) is 18.5. The molecule has 0 N–H and O–H groups in total. The molecule has 2 aliphatic carbocycles. The van der Waals surface area contributed by atoms with Crippen LogP contribution in [0.2, 0.25) is 4.63 Å². The maximum absolute atomic E-state index is 4.04. The Morgan fingerprint density at radius 1 is 0.526 bits per heavy atom. The Morgan fingerprint density at radius 3 is 1.66 bits per heavy atom. The van der Waals surface area contributed by atoms with Gasteiger partial charge in [0.2, 0.25) is 0 Å². The van der Waals surface area contributed by atoms with Crippen LogP contribution in [0.5, 0.6) is 0 Å². The molecule has 1 atom stereocenters. The van der Waals surface area contributed by atoms with Gasteiger partial charge in [0.25, 0.3) is 0 Å². The van der Waals surface area contributed by atoms with Crippen LogP contribution in [0.4, 0.5) is 0 Å². The van der Waals surface area contributed by atoms with Crippen molar-refractivity contribution in [2.45, 2.75) is 18.8 Å². The first-order valence-electron chi connectivity index (χ1n) is 13.6. The molecule has 1 unspecified atom stereocenters. The van der Waals surface area contributed by atoms with Gasteiger partial charge in [-0.1, -0.05) is 0 Å². The van der Waals surface area contributed by atoms with E-state index in [1.807, 2.05) is 0 Å². The van der Waals surface area contributed by atoms with E-state index in [0.29, 0.717) is 7.25 Å². The van der Waals surface area contributed by atoms with E-state index >= 15 is 0 Å². The van der Waals surface area contributed by atoms with E-state index in [9.17, 15) is 0 Å². The van der Waals surface area contributed by atoms with Gasteiger partial charge in [0.05, 0.1) is 0 Å². The Labute approximate surface area is 228 Å². The molecule has 2 heteroatoms. The van der Waals surface area contributed by atoms with Crippen LogP contribution in [0.3, 0.4) is 0 Å². The second kappa shape index (κ2) is 8.73. The van der Waals surface area contributed by atoms with Crippen LogP contribution >= 0.6 is 0 Å². The number of fused-ring (bicyclic) bond motifs is 4. The molecule has 0 bridgehead atoms. The molecule has 5 aromatic rings. The molecule has 0 spiro atoms. The quantitative estimate of drug-likeness (QED) is 0.187. The normalized spacial score (nSPS) is 16.5. The molecular formula is C36H32SiZr. The molecule has 7 rings (SSSR count). The summed E-state index contributed by atoms with van der Waals surface area (Å²) in [6.07, 6.45) is 2.52. The first-order valence-corrected chi connectivity index (χ1v) is 26.1. The minimum atomic E-state index is -4.04. The average Bonchev–Trinajstić information content (AvgIpc) is 3.49. The van der Waals surface area contributed by atoms with Gasteiger partial charge in [0.15, 0.2) is 0 Å². The van der Waals surface area contributed by atoms with Gasteiger partial charge in [-0.15, -0.1) is 0 Å². The first kappa shape index (κ1) is 24.0. The van der Waals surface area contributed by atoms with Crippen LogP contribution in [0.1, 0.15) is 36.4 Å². The predicted octanol–water partition coefficient (Wildman–Crippen LogP) is 8.19. The Bertz CT molecular complexity index is 1750. The van der Waals surface area contributed by atoms with Crippen molar-refractivity contribution in [1.29, 1.82) is 0 Å². The summed E-state index contributed by atoms with van der Waals surface area (Å²) in [4.78, 5) is 0. The van der Waals surface area contributed by atoms with Crippen LogP contribution in [-0.2, 0) is 17.4 Å². The second-order valence-electron chi connectivity index (χ2n) is 11.7. The molecule has 0 saturated heterocycles. The van der Waals surface area contributed by atoms with Gasteiger partial charge in [-0.25, -0.2) is 0 Å². The zero-order chi connectivity index (χ0) is 25.9. The predicted molar refractivity (Wildman–Crippen MR) is 162 cm³/mol. The monoisotopic (exact) mass is 582 g/mol. The second-order valence-corrected chi connectivity index (χ2v) is 38.0. The summed E-state index contributed by atoms with van der Waals surface area (Å²) in [5.74, 6) is 0. The molecule has 184 valence electrons.